The third-order valence-corrected chi connectivity index (χ3v) is 9.77. The van der Waals surface area contributed by atoms with Gasteiger partial charge < -0.3 is 18.8 Å². The Morgan fingerprint density at radius 3 is 1.88 bits per heavy atom. The zero-order chi connectivity index (χ0) is 39.6. The highest BCUT2D eigenvalue weighted by atomic mass is 16.8. The molecule has 5 aromatic carbocycles. The second-order valence-electron chi connectivity index (χ2n) is 13.5. The molecule has 2 heterocycles. The van der Waals surface area contributed by atoms with Gasteiger partial charge in [0.1, 0.15) is 11.4 Å². The van der Waals surface area contributed by atoms with E-state index in [1.807, 2.05) is 76.0 Å². The van der Waals surface area contributed by atoms with Crippen molar-refractivity contribution in [1.29, 1.82) is 0 Å². The second kappa shape index (κ2) is 17.7. The third kappa shape index (κ3) is 8.23. The maximum Gasteiger partial charge on any atom is 0.511 e. The van der Waals surface area contributed by atoms with Crippen LogP contribution < -0.4 is 0 Å². The maximum absolute atomic E-state index is 13.0. The standard InChI is InChI=1S/C46H44N6O5/c1-4-6-26-42-47-41(44(53)56-33(3)57-45(54)55-5-2)32-51(42)31-34-27-29-35(30-28-34)39-24-16-17-25-40(39)43-48-49-50-52(43)46(36-18-10-7-11-19-36,37-20-12-8-13-21-37)38-22-14-9-15-23-38/h7-25,27-30,32-33H,4-6,26,31H2,1-3H3. The first-order valence-corrected chi connectivity index (χ1v) is 19.2. The summed E-state index contributed by atoms with van der Waals surface area (Å²) < 4.78 is 19.0. The van der Waals surface area contributed by atoms with Crippen LogP contribution in [-0.2, 0) is 32.7 Å². The number of hydrogen-bond acceptors (Lipinski definition) is 9. The van der Waals surface area contributed by atoms with E-state index in [9.17, 15) is 9.59 Å². The Morgan fingerprint density at radius 2 is 1.30 bits per heavy atom. The molecule has 1 unspecified atom stereocenters. The first-order valence-electron chi connectivity index (χ1n) is 19.2. The molecule has 1 atom stereocenters. The monoisotopic (exact) mass is 760 g/mol. The minimum atomic E-state index is -1.13. The number of unbranched alkanes of at least 4 members (excludes halogenated alkanes) is 1. The number of carbonyl (C=O) groups is 2. The lowest BCUT2D eigenvalue weighted by Crippen LogP contribution is -2.39. The third-order valence-electron chi connectivity index (χ3n) is 9.77. The Labute approximate surface area is 331 Å². The van der Waals surface area contributed by atoms with Crippen LogP contribution in [0.1, 0.15) is 72.2 Å². The van der Waals surface area contributed by atoms with E-state index in [1.54, 1.807) is 13.1 Å². The van der Waals surface area contributed by atoms with Crippen LogP contribution >= 0.6 is 0 Å². The number of rotatable bonds is 15. The van der Waals surface area contributed by atoms with E-state index >= 15 is 0 Å². The van der Waals surface area contributed by atoms with E-state index in [1.165, 1.54) is 6.92 Å². The SMILES string of the molecule is CCCCc1nc(C(=O)OC(C)OC(=O)OCC)cn1Cc1ccc(-c2ccccc2-c2nnnn2C(c2ccccc2)(c2ccccc2)c2ccccc2)cc1. The molecule has 0 N–H and O–H groups in total. The minimum Gasteiger partial charge on any atom is -0.435 e. The summed E-state index contributed by atoms with van der Waals surface area (Å²) in [6.45, 7) is 5.86. The van der Waals surface area contributed by atoms with Gasteiger partial charge in [-0.25, -0.2) is 19.3 Å². The van der Waals surface area contributed by atoms with Crippen molar-refractivity contribution in [2.24, 2.45) is 0 Å². The number of tetrazole rings is 1. The zero-order valence-electron chi connectivity index (χ0n) is 32.2. The number of benzene rings is 5. The van der Waals surface area contributed by atoms with Gasteiger partial charge in [0.25, 0.3) is 0 Å². The Bertz CT molecular complexity index is 2300. The van der Waals surface area contributed by atoms with Gasteiger partial charge in [-0.1, -0.05) is 153 Å². The summed E-state index contributed by atoms with van der Waals surface area (Å²) >= 11 is 0. The number of hydrogen-bond donors (Lipinski definition) is 0. The van der Waals surface area contributed by atoms with Crippen LogP contribution in [-0.4, -0.2) is 54.8 Å². The summed E-state index contributed by atoms with van der Waals surface area (Å²) in [7, 11) is 0. The summed E-state index contributed by atoms with van der Waals surface area (Å²) in [5.41, 5.74) is 6.17. The summed E-state index contributed by atoms with van der Waals surface area (Å²) in [4.78, 5) is 29.3. The molecule has 0 saturated heterocycles. The molecule has 0 spiro atoms. The molecule has 0 fully saturated rings. The Kier molecular flexibility index (Phi) is 11.9. The average molecular weight is 761 g/mol. The van der Waals surface area contributed by atoms with Crippen LogP contribution in [0.15, 0.2) is 146 Å². The van der Waals surface area contributed by atoms with Gasteiger partial charge in [0.15, 0.2) is 11.5 Å². The summed E-state index contributed by atoms with van der Waals surface area (Å²) in [5.74, 6) is 0.697. The molecule has 0 aliphatic heterocycles. The van der Waals surface area contributed by atoms with Crippen LogP contribution in [0.2, 0.25) is 0 Å². The molecule has 0 aliphatic rings. The molecular weight excluding hydrogens is 717 g/mol. The van der Waals surface area contributed by atoms with Crippen molar-refractivity contribution in [3.8, 4) is 22.5 Å². The van der Waals surface area contributed by atoms with Crippen molar-refractivity contribution in [1.82, 2.24) is 29.8 Å². The molecule has 2 aromatic heterocycles. The molecule has 57 heavy (non-hydrogen) atoms. The van der Waals surface area contributed by atoms with Crippen molar-refractivity contribution >= 4 is 12.1 Å². The zero-order valence-corrected chi connectivity index (χ0v) is 32.2. The Balaban J connectivity index is 1.22. The minimum absolute atomic E-state index is 0.140. The second-order valence-corrected chi connectivity index (χ2v) is 13.5. The van der Waals surface area contributed by atoms with Crippen LogP contribution in [0, 0.1) is 0 Å². The topological polar surface area (TPSA) is 123 Å². The summed E-state index contributed by atoms with van der Waals surface area (Å²) in [6, 6.07) is 47.5. The number of ether oxygens (including phenoxy) is 3. The predicted molar refractivity (Wildman–Crippen MR) is 216 cm³/mol. The predicted octanol–water partition coefficient (Wildman–Crippen LogP) is 9.11. The van der Waals surface area contributed by atoms with E-state index in [2.05, 4.69) is 89.9 Å². The van der Waals surface area contributed by atoms with Crippen LogP contribution in [0.3, 0.4) is 0 Å². The lowest BCUT2D eigenvalue weighted by molar-refractivity contribution is -0.0814. The van der Waals surface area contributed by atoms with E-state index < -0.39 is 24.0 Å². The van der Waals surface area contributed by atoms with Gasteiger partial charge in [-0.2, -0.15) is 0 Å². The van der Waals surface area contributed by atoms with Gasteiger partial charge in [-0.3, -0.25) is 0 Å². The molecule has 0 aliphatic carbocycles. The molecule has 0 bridgehead atoms. The van der Waals surface area contributed by atoms with E-state index in [0.29, 0.717) is 18.8 Å². The van der Waals surface area contributed by atoms with E-state index in [4.69, 9.17) is 24.5 Å². The lowest BCUT2D eigenvalue weighted by Gasteiger charge is -2.36. The molecule has 0 saturated carbocycles. The molecule has 11 nitrogen and oxygen atoms in total. The molecule has 11 heteroatoms. The van der Waals surface area contributed by atoms with Crippen molar-refractivity contribution in [3.05, 3.63) is 179 Å². The van der Waals surface area contributed by atoms with Gasteiger partial charge >= 0.3 is 12.1 Å². The fourth-order valence-corrected chi connectivity index (χ4v) is 7.15. The van der Waals surface area contributed by atoms with E-state index in [0.717, 1.165) is 57.6 Å². The number of imidazole rings is 1. The maximum atomic E-state index is 13.0. The molecule has 0 radical (unpaired) electrons. The highest BCUT2D eigenvalue weighted by Gasteiger charge is 2.42. The van der Waals surface area contributed by atoms with Gasteiger partial charge in [-0.05, 0) is 57.2 Å². The van der Waals surface area contributed by atoms with Crippen molar-refractivity contribution in [2.75, 3.05) is 6.61 Å². The quantitative estimate of drug-likeness (QED) is 0.0572. The number of aryl methyl sites for hydroxylation is 1. The summed E-state index contributed by atoms with van der Waals surface area (Å²) in [5, 5.41) is 13.8. The largest absolute Gasteiger partial charge is 0.511 e. The lowest BCUT2D eigenvalue weighted by atomic mass is 9.77. The molecular formula is C46H44N6O5. The highest BCUT2D eigenvalue weighted by Crippen LogP contribution is 2.43. The van der Waals surface area contributed by atoms with Gasteiger partial charge in [0, 0.05) is 31.6 Å². The van der Waals surface area contributed by atoms with Gasteiger partial charge in [0.2, 0.25) is 6.29 Å². The van der Waals surface area contributed by atoms with Gasteiger partial charge in [-0.15, -0.1) is 5.10 Å². The molecule has 288 valence electrons. The first-order chi connectivity index (χ1) is 27.9. The fourth-order valence-electron chi connectivity index (χ4n) is 7.15. The summed E-state index contributed by atoms with van der Waals surface area (Å²) in [6.07, 6.45) is 2.21. The average Bonchev–Trinajstić information content (AvgIpc) is 3.90. The number of aromatic nitrogens is 6. The molecule has 7 rings (SSSR count). The first kappa shape index (κ1) is 38.4. The fraction of sp³-hybridized carbons (Fsp3) is 0.217. The highest BCUT2D eigenvalue weighted by molar-refractivity contribution is 5.87. The van der Waals surface area contributed by atoms with Crippen LogP contribution in [0.5, 0.6) is 0 Å². The molecule has 0 amide bonds. The normalized spacial score (nSPS) is 11.8. The van der Waals surface area contributed by atoms with Gasteiger partial charge in [0.05, 0.1) is 6.61 Å². The van der Waals surface area contributed by atoms with Crippen molar-refractivity contribution < 1.29 is 23.8 Å². The Morgan fingerprint density at radius 1 is 0.719 bits per heavy atom. The number of carbonyl (C=O) groups excluding carboxylic acids is 2. The van der Waals surface area contributed by atoms with Crippen LogP contribution in [0.4, 0.5) is 4.79 Å². The van der Waals surface area contributed by atoms with Crippen LogP contribution in [0.25, 0.3) is 22.5 Å². The van der Waals surface area contributed by atoms with Crippen molar-refractivity contribution in [3.63, 3.8) is 0 Å². The Hall–Kier alpha value is -6.88. The van der Waals surface area contributed by atoms with Crippen molar-refractivity contribution in [2.45, 2.75) is 58.4 Å². The number of esters is 1. The number of nitrogens with zero attached hydrogens (tertiary/aromatic N) is 6. The smallest absolute Gasteiger partial charge is 0.435 e. The van der Waals surface area contributed by atoms with E-state index in [-0.39, 0.29) is 12.3 Å². The molecule has 7 aromatic rings.